The van der Waals surface area contributed by atoms with Gasteiger partial charge < -0.3 is 5.32 Å². The van der Waals surface area contributed by atoms with Gasteiger partial charge in [-0.2, -0.15) is 0 Å². The highest BCUT2D eigenvalue weighted by Crippen LogP contribution is 2.21. The van der Waals surface area contributed by atoms with Gasteiger partial charge in [-0.1, -0.05) is 6.07 Å². The van der Waals surface area contributed by atoms with E-state index in [-0.39, 0.29) is 28.7 Å². The number of carbonyl (C=O) groups excluding carboxylic acids is 2. The monoisotopic (exact) mass is 446 g/mol. The van der Waals surface area contributed by atoms with E-state index in [0.717, 1.165) is 0 Å². The largest absolute Gasteiger partial charge is 0.325 e. The first kappa shape index (κ1) is 21.4. The van der Waals surface area contributed by atoms with Crippen LogP contribution < -0.4 is 10.6 Å². The minimum atomic E-state index is -0.568. The zero-order valence-corrected chi connectivity index (χ0v) is 17.0. The molecule has 2 amide bonds. The first-order chi connectivity index (χ1) is 14.4. The summed E-state index contributed by atoms with van der Waals surface area (Å²) in [5, 5.41) is 18.2. The lowest BCUT2D eigenvalue weighted by atomic mass is 10.2. The predicted octanol–water partition coefficient (Wildman–Crippen LogP) is 4.31. The first-order valence-corrected chi connectivity index (χ1v) is 10.6. The van der Waals surface area contributed by atoms with Crippen LogP contribution in [0.4, 0.5) is 20.9 Å². The van der Waals surface area contributed by atoms with Gasteiger partial charge in [-0.25, -0.2) is 9.37 Å². The SMILES string of the molecule is O=C(CSCc1csc(NC(=O)c2cccc([N+](=O)[O-])c2)n1)Nc1ccc(F)cc1. The molecule has 3 aromatic rings. The predicted molar refractivity (Wildman–Crippen MR) is 114 cm³/mol. The fourth-order valence-corrected chi connectivity index (χ4v) is 3.87. The van der Waals surface area contributed by atoms with Gasteiger partial charge in [-0.3, -0.25) is 25.0 Å². The summed E-state index contributed by atoms with van der Waals surface area (Å²) in [5.74, 6) is -0.448. The van der Waals surface area contributed by atoms with Crippen LogP contribution in [0.3, 0.4) is 0 Å². The van der Waals surface area contributed by atoms with E-state index in [2.05, 4.69) is 15.6 Å². The van der Waals surface area contributed by atoms with Gasteiger partial charge >= 0.3 is 0 Å². The molecule has 1 heterocycles. The highest BCUT2D eigenvalue weighted by molar-refractivity contribution is 7.99. The number of thioether (sulfide) groups is 1. The van der Waals surface area contributed by atoms with E-state index in [1.165, 1.54) is 71.6 Å². The third-order valence-electron chi connectivity index (χ3n) is 3.70. The van der Waals surface area contributed by atoms with Crippen molar-refractivity contribution in [1.29, 1.82) is 0 Å². The average molecular weight is 446 g/mol. The summed E-state index contributed by atoms with van der Waals surface area (Å²) < 4.78 is 12.9. The van der Waals surface area contributed by atoms with Crippen LogP contribution in [-0.2, 0) is 10.5 Å². The number of nitro benzene ring substituents is 1. The van der Waals surface area contributed by atoms with Crippen molar-refractivity contribution < 1.29 is 18.9 Å². The van der Waals surface area contributed by atoms with Gasteiger partial charge in [0.1, 0.15) is 5.82 Å². The van der Waals surface area contributed by atoms with Gasteiger partial charge in [0, 0.05) is 34.5 Å². The van der Waals surface area contributed by atoms with Crippen LogP contribution in [0.5, 0.6) is 0 Å². The molecular weight excluding hydrogens is 431 g/mol. The number of amides is 2. The Hall–Kier alpha value is -3.31. The maximum absolute atomic E-state index is 12.9. The second-order valence-electron chi connectivity index (χ2n) is 5.95. The number of nitro groups is 1. The van der Waals surface area contributed by atoms with E-state index in [0.29, 0.717) is 22.3 Å². The van der Waals surface area contributed by atoms with Crippen molar-refractivity contribution in [2.45, 2.75) is 5.75 Å². The molecule has 0 unspecified atom stereocenters. The number of hydrogen-bond acceptors (Lipinski definition) is 7. The molecule has 11 heteroatoms. The number of aromatic nitrogens is 1. The second kappa shape index (κ2) is 9.94. The van der Waals surface area contributed by atoms with Gasteiger partial charge in [0.25, 0.3) is 11.6 Å². The Labute approximate surface area is 178 Å². The zero-order chi connectivity index (χ0) is 21.5. The van der Waals surface area contributed by atoms with Crippen LogP contribution in [0.25, 0.3) is 0 Å². The zero-order valence-electron chi connectivity index (χ0n) is 15.3. The molecule has 0 radical (unpaired) electrons. The lowest BCUT2D eigenvalue weighted by molar-refractivity contribution is -0.384. The van der Waals surface area contributed by atoms with E-state index in [1.807, 2.05) is 0 Å². The summed E-state index contributed by atoms with van der Waals surface area (Å²) in [6, 6.07) is 10.9. The molecule has 0 aliphatic rings. The summed E-state index contributed by atoms with van der Waals surface area (Å²) >= 11 is 2.56. The van der Waals surface area contributed by atoms with Crippen molar-refractivity contribution in [3.63, 3.8) is 0 Å². The molecule has 0 saturated carbocycles. The summed E-state index contributed by atoms with van der Waals surface area (Å²) in [7, 11) is 0. The molecule has 2 N–H and O–H groups in total. The van der Waals surface area contributed by atoms with Crippen LogP contribution in [0.1, 0.15) is 16.1 Å². The summed E-state index contributed by atoms with van der Waals surface area (Å²) in [5.41, 5.74) is 1.20. The third kappa shape index (κ3) is 6.09. The fraction of sp³-hybridized carbons (Fsp3) is 0.105. The van der Waals surface area contributed by atoms with Crippen LogP contribution in [0, 0.1) is 15.9 Å². The lowest BCUT2D eigenvalue weighted by Crippen LogP contribution is -2.14. The fourth-order valence-electron chi connectivity index (χ4n) is 2.34. The molecule has 8 nitrogen and oxygen atoms in total. The van der Waals surface area contributed by atoms with Crippen molar-refractivity contribution >= 4 is 51.4 Å². The molecule has 0 spiro atoms. The second-order valence-corrected chi connectivity index (χ2v) is 7.80. The number of rotatable bonds is 8. The standard InChI is InChI=1S/C19H15FN4O4S2/c20-13-4-6-14(7-5-13)21-17(25)11-29-9-15-10-30-19(22-15)23-18(26)12-2-1-3-16(8-12)24(27)28/h1-8,10H,9,11H2,(H,21,25)(H,22,23,26). The van der Waals surface area contributed by atoms with E-state index in [4.69, 9.17) is 0 Å². The Kier molecular flexibility index (Phi) is 7.09. The van der Waals surface area contributed by atoms with E-state index >= 15 is 0 Å². The summed E-state index contributed by atoms with van der Waals surface area (Å²) in [6.07, 6.45) is 0. The number of anilines is 2. The molecule has 0 aliphatic heterocycles. The highest BCUT2D eigenvalue weighted by Gasteiger charge is 2.13. The number of halogens is 1. The molecule has 2 aromatic carbocycles. The van der Waals surface area contributed by atoms with Crippen LogP contribution in [0.2, 0.25) is 0 Å². The maximum atomic E-state index is 12.9. The Morgan fingerprint density at radius 3 is 2.67 bits per heavy atom. The van der Waals surface area contributed by atoms with Crippen molar-refractivity contribution in [2.24, 2.45) is 0 Å². The average Bonchev–Trinajstić information content (AvgIpc) is 3.17. The number of hydrogen-bond donors (Lipinski definition) is 2. The number of thiazole rings is 1. The summed E-state index contributed by atoms with van der Waals surface area (Å²) in [6.45, 7) is 0. The van der Waals surface area contributed by atoms with Crippen molar-refractivity contribution in [3.05, 3.63) is 81.1 Å². The van der Waals surface area contributed by atoms with Gasteiger partial charge in [-0.05, 0) is 30.3 Å². The number of nitrogens with one attached hydrogen (secondary N) is 2. The lowest BCUT2D eigenvalue weighted by Gasteiger charge is -2.04. The quantitative estimate of drug-likeness (QED) is 0.394. The first-order valence-electron chi connectivity index (χ1n) is 8.54. The van der Waals surface area contributed by atoms with Crippen LogP contribution >= 0.6 is 23.1 Å². The molecule has 0 aliphatic carbocycles. The van der Waals surface area contributed by atoms with Crippen LogP contribution in [-0.4, -0.2) is 27.5 Å². The smallest absolute Gasteiger partial charge is 0.270 e. The van der Waals surface area contributed by atoms with Crippen LogP contribution in [0.15, 0.2) is 53.9 Å². The Morgan fingerprint density at radius 1 is 1.17 bits per heavy atom. The van der Waals surface area contributed by atoms with Crippen molar-refractivity contribution in [3.8, 4) is 0 Å². The molecule has 0 fully saturated rings. The number of nitrogens with zero attached hydrogens (tertiary/aromatic N) is 2. The molecule has 3 rings (SSSR count). The third-order valence-corrected chi connectivity index (χ3v) is 5.48. The van der Waals surface area contributed by atoms with Gasteiger partial charge in [0.2, 0.25) is 5.91 Å². The van der Waals surface area contributed by atoms with Gasteiger partial charge in [0.05, 0.1) is 16.4 Å². The Balaban J connectivity index is 1.47. The van der Waals surface area contributed by atoms with Gasteiger partial charge in [-0.15, -0.1) is 23.1 Å². The minimum Gasteiger partial charge on any atom is -0.325 e. The molecule has 154 valence electrons. The van der Waals surface area contributed by atoms with E-state index in [9.17, 15) is 24.1 Å². The molecule has 1 aromatic heterocycles. The van der Waals surface area contributed by atoms with E-state index < -0.39 is 10.8 Å². The van der Waals surface area contributed by atoms with Gasteiger partial charge in [0.15, 0.2) is 5.13 Å². The minimum absolute atomic E-state index is 0.160. The Bertz CT molecular complexity index is 1070. The van der Waals surface area contributed by atoms with Crippen molar-refractivity contribution in [1.82, 2.24) is 4.98 Å². The number of carbonyl (C=O) groups is 2. The topological polar surface area (TPSA) is 114 Å². The molecule has 30 heavy (non-hydrogen) atoms. The molecular formula is C19H15FN4O4S2. The maximum Gasteiger partial charge on any atom is 0.270 e. The molecule has 0 bridgehead atoms. The molecule has 0 saturated heterocycles. The highest BCUT2D eigenvalue weighted by atomic mass is 32.2. The number of non-ortho nitro benzene ring substituents is 1. The summed E-state index contributed by atoms with van der Waals surface area (Å²) in [4.78, 5) is 38.7. The molecule has 0 atom stereocenters. The van der Waals surface area contributed by atoms with E-state index in [1.54, 1.807) is 5.38 Å². The normalized spacial score (nSPS) is 10.4. The number of benzene rings is 2. The Morgan fingerprint density at radius 2 is 1.93 bits per heavy atom. The van der Waals surface area contributed by atoms with Crippen molar-refractivity contribution in [2.75, 3.05) is 16.4 Å².